The number of ether oxygens (including phenoxy) is 1. The molecule has 84 valence electrons. The fraction of sp³-hybridized carbons (Fsp3) is 0.333. The molecule has 1 heterocycles. The summed E-state index contributed by atoms with van der Waals surface area (Å²) in [6.07, 6.45) is -0.601. The molecule has 0 spiro atoms. The lowest BCUT2D eigenvalue weighted by molar-refractivity contribution is -0.130. The lowest BCUT2D eigenvalue weighted by Gasteiger charge is -2.34. The van der Waals surface area contributed by atoms with Gasteiger partial charge in [-0.25, -0.2) is 9.69 Å². The van der Waals surface area contributed by atoms with Crippen LogP contribution in [0.15, 0.2) is 30.3 Å². The minimum Gasteiger partial charge on any atom is -0.448 e. The first-order valence-electron chi connectivity index (χ1n) is 5.09. The van der Waals surface area contributed by atoms with E-state index in [-0.39, 0.29) is 12.5 Å². The van der Waals surface area contributed by atoms with Crippen molar-refractivity contribution in [1.29, 1.82) is 0 Å². The number of anilines is 1. The molecule has 4 nitrogen and oxygen atoms in total. The number of hydrogen-bond acceptors (Lipinski definition) is 3. The molecule has 0 atom stereocenters. The largest absolute Gasteiger partial charge is 0.448 e. The molecule has 1 aromatic rings. The monoisotopic (exact) mass is 219 g/mol. The van der Waals surface area contributed by atoms with Crippen LogP contribution in [0.2, 0.25) is 0 Å². The molecule has 1 fully saturated rings. The van der Waals surface area contributed by atoms with Gasteiger partial charge in [-0.2, -0.15) is 0 Å². The molecule has 2 rings (SSSR count). The molecule has 1 saturated heterocycles. The molecule has 0 N–H and O–H groups in total. The number of nitrogens with zero attached hydrogens (tertiary/aromatic N) is 1. The summed E-state index contributed by atoms with van der Waals surface area (Å²) in [5.74, 6) is -0.227. The molecule has 1 aliphatic heterocycles. The zero-order valence-corrected chi connectivity index (χ0v) is 9.27. The van der Waals surface area contributed by atoms with Crippen LogP contribution >= 0.6 is 0 Å². The molecule has 0 aliphatic carbocycles. The van der Waals surface area contributed by atoms with Crippen LogP contribution in [0.5, 0.6) is 0 Å². The number of rotatable bonds is 1. The van der Waals surface area contributed by atoms with Gasteiger partial charge in [0.05, 0.1) is 11.1 Å². The van der Waals surface area contributed by atoms with Crippen molar-refractivity contribution in [2.75, 3.05) is 11.5 Å². The maximum atomic E-state index is 12.1. The molecule has 0 aromatic heterocycles. The number of hydrogen-bond donors (Lipinski definition) is 0. The van der Waals surface area contributed by atoms with Gasteiger partial charge in [-0.05, 0) is 26.0 Å². The van der Waals surface area contributed by atoms with E-state index >= 15 is 0 Å². The van der Waals surface area contributed by atoms with Crippen molar-refractivity contribution in [1.82, 2.24) is 0 Å². The Morgan fingerprint density at radius 3 is 2.44 bits per heavy atom. The van der Waals surface area contributed by atoms with Crippen LogP contribution in [0, 0.1) is 5.41 Å². The molecule has 2 amide bonds. The SMILES string of the molecule is CC1(C)COC(=O)N(c2ccccc2)C1=O. The molecular formula is C12H13NO3. The lowest BCUT2D eigenvalue weighted by atomic mass is 9.91. The van der Waals surface area contributed by atoms with Crippen LogP contribution in [0.4, 0.5) is 10.5 Å². The van der Waals surface area contributed by atoms with Crippen molar-refractivity contribution < 1.29 is 14.3 Å². The Balaban J connectivity index is 2.39. The standard InChI is InChI=1S/C12H13NO3/c1-12(2)8-16-11(15)13(10(12)14)9-6-4-3-5-7-9/h3-7H,8H2,1-2H3. The normalized spacial score (nSPS) is 19.5. The molecule has 4 heteroatoms. The van der Waals surface area contributed by atoms with Crippen molar-refractivity contribution in [2.45, 2.75) is 13.8 Å². The van der Waals surface area contributed by atoms with E-state index in [2.05, 4.69) is 0 Å². The van der Waals surface area contributed by atoms with Crippen molar-refractivity contribution >= 4 is 17.7 Å². The minimum absolute atomic E-state index is 0.133. The predicted molar refractivity (Wildman–Crippen MR) is 59.1 cm³/mol. The molecule has 1 aliphatic rings. The van der Waals surface area contributed by atoms with Gasteiger partial charge in [0.25, 0.3) is 0 Å². The maximum absolute atomic E-state index is 12.1. The summed E-state index contributed by atoms with van der Waals surface area (Å²) in [5, 5.41) is 0. The number of cyclic esters (lactones) is 1. The summed E-state index contributed by atoms with van der Waals surface area (Å²) in [6.45, 7) is 3.66. The van der Waals surface area contributed by atoms with Gasteiger partial charge in [-0.3, -0.25) is 4.79 Å². The van der Waals surface area contributed by atoms with Crippen molar-refractivity contribution in [3.63, 3.8) is 0 Å². The molecule has 0 saturated carbocycles. The summed E-state index contributed by atoms with van der Waals surface area (Å²) in [7, 11) is 0. The van der Waals surface area contributed by atoms with Gasteiger partial charge in [0.15, 0.2) is 0 Å². The molecular weight excluding hydrogens is 206 g/mol. The summed E-state index contributed by atoms with van der Waals surface area (Å²) in [6, 6.07) is 8.80. The van der Waals surface area contributed by atoms with Crippen LogP contribution in [-0.4, -0.2) is 18.6 Å². The number of amides is 2. The van der Waals surface area contributed by atoms with Gasteiger partial charge in [-0.15, -0.1) is 0 Å². The fourth-order valence-electron chi connectivity index (χ4n) is 1.55. The van der Waals surface area contributed by atoms with Crippen LogP contribution in [-0.2, 0) is 9.53 Å². The molecule has 0 unspecified atom stereocenters. The topological polar surface area (TPSA) is 46.6 Å². The Hall–Kier alpha value is -1.84. The van der Waals surface area contributed by atoms with Gasteiger partial charge in [0, 0.05) is 0 Å². The van der Waals surface area contributed by atoms with E-state index in [1.54, 1.807) is 38.1 Å². The first-order valence-corrected chi connectivity index (χ1v) is 5.09. The number of carbonyl (C=O) groups is 2. The molecule has 0 radical (unpaired) electrons. The maximum Gasteiger partial charge on any atom is 0.421 e. The highest BCUT2D eigenvalue weighted by atomic mass is 16.6. The van der Waals surface area contributed by atoms with E-state index in [0.717, 1.165) is 4.90 Å². The zero-order chi connectivity index (χ0) is 11.8. The van der Waals surface area contributed by atoms with E-state index in [1.807, 2.05) is 6.07 Å². The Bertz CT molecular complexity index is 425. The van der Waals surface area contributed by atoms with Crippen LogP contribution < -0.4 is 4.90 Å². The van der Waals surface area contributed by atoms with Crippen molar-refractivity contribution in [3.8, 4) is 0 Å². The number of benzene rings is 1. The van der Waals surface area contributed by atoms with Crippen LogP contribution in [0.1, 0.15) is 13.8 Å². The van der Waals surface area contributed by atoms with Gasteiger partial charge in [0.2, 0.25) is 5.91 Å². The zero-order valence-electron chi connectivity index (χ0n) is 9.27. The van der Waals surface area contributed by atoms with Crippen molar-refractivity contribution in [3.05, 3.63) is 30.3 Å². The third-order valence-corrected chi connectivity index (χ3v) is 2.54. The van der Waals surface area contributed by atoms with Gasteiger partial charge in [0.1, 0.15) is 6.61 Å². The quantitative estimate of drug-likeness (QED) is 0.727. The average Bonchev–Trinajstić information content (AvgIpc) is 2.27. The van der Waals surface area contributed by atoms with Gasteiger partial charge >= 0.3 is 6.09 Å². The molecule has 16 heavy (non-hydrogen) atoms. The predicted octanol–water partition coefficient (Wildman–Crippen LogP) is 2.20. The lowest BCUT2D eigenvalue weighted by Crippen LogP contribution is -2.52. The van der Waals surface area contributed by atoms with E-state index in [9.17, 15) is 9.59 Å². The van der Waals surface area contributed by atoms with Gasteiger partial charge < -0.3 is 4.74 Å². The fourth-order valence-corrected chi connectivity index (χ4v) is 1.55. The smallest absolute Gasteiger partial charge is 0.421 e. The summed E-state index contributed by atoms with van der Waals surface area (Å²) in [4.78, 5) is 24.7. The molecule has 0 bridgehead atoms. The second-order valence-corrected chi connectivity index (χ2v) is 4.41. The Morgan fingerprint density at radius 1 is 1.19 bits per heavy atom. The highest BCUT2D eigenvalue weighted by Gasteiger charge is 2.42. The minimum atomic E-state index is -0.663. The van der Waals surface area contributed by atoms with E-state index in [1.165, 1.54) is 0 Å². The summed E-state index contributed by atoms with van der Waals surface area (Å²) in [5.41, 5.74) is -0.116. The van der Waals surface area contributed by atoms with Crippen molar-refractivity contribution in [2.24, 2.45) is 5.41 Å². The highest BCUT2D eigenvalue weighted by Crippen LogP contribution is 2.28. The summed E-state index contributed by atoms with van der Waals surface area (Å²) < 4.78 is 5.00. The number of imide groups is 1. The second kappa shape index (κ2) is 3.63. The van der Waals surface area contributed by atoms with E-state index in [0.29, 0.717) is 5.69 Å². The van der Waals surface area contributed by atoms with Crippen LogP contribution in [0.25, 0.3) is 0 Å². The van der Waals surface area contributed by atoms with E-state index < -0.39 is 11.5 Å². The Kier molecular flexibility index (Phi) is 2.42. The van der Waals surface area contributed by atoms with Gasteiger partial charge in [-0.1, -0.05) is 18.2 Å². The number of carbonyl (C=O) groups excluding carboxylic acids is 2. The molecule has 1 aromatic carbocycles. The Labute approximate surface area is 93.8 Å². The third-order valence-electron chi connectivity index (χ3n) is 2.54. The average molecular weight is 219 g/mol. The van der Waals surface area contributed by atoms with Crippen LogP contribution in [0.3, 0.4) is 0 Å². The van der Waals surface area contributed by atoms with E-state index in [4.69, 9.17) is 4.74 Å². The third kappa shape index (κ3) is 1.66. The first-order chi connectivity index (χ1) is 7.52. The second-order valence-electron chi connectivity index (χ2n) is 4.41. The first kappa shape index (κ1) is 10.7. The Morgan fingerprint density at radius 2 is 1.81 bits per heavy atom. The summed E-state index contributed by atoms with van der Waals surface area (Å²) >= 11 is 0. The highest BCUT2D eigenvalue weighted by molar-refractivity contribution is 6.15. The number of para-hydroxylation sites is 1.